The van der Waals surface area contributed by atoms with Crippen LogP contribution in [-0.2, 0) is 4.79 Å². The molecule has 3 heterocycles. The number of amides is 3. The predicted octanol–water partition coefficient (Wildman–Crippen LogP) is 4.32. The third-order valence-electron chi connectivity index (χ3n) is 4.69. The lowest BCUT2D eigenvalue weighted by molar-refractivity contribution is -0.113. The topological polar surface area (TPSA) is 120 Å². The molecule has 0 aliphatic carbocycles. The fourth-order valence-corrected chi connectivity index (χ4v) is 5.15. The Morgan fingerprint density at radius 3 is 2.80 bits per heavy atom. The molecule has 1 aliphatic heterocycles. The van der Waals surface area contributed by atoms with Gasteiger partial charge in [-0.15, -0.1) is 22.7 Å². The van der Waals surface area contributed by atoms with Crippen LogP contribution in [0.15, 0.2) is 59.1 Å². The number of benzene rings is 1. The van der Waals surface area contributed by atoms with E-state index >= 15 is 0 Å². The maximum atomic E-state index is 13.1. The summed E-state index contributed by atoms with van der Waals surface area (Å²) in [6.07, 6.45) is 1.14. The van der Waals surface area contributed by atoms with Gasteiger partial charge in [-0.1, -0.05) is 6.07 Å². The van der Waals surface area contributed by atoms with Gasteiger partial charge in [-0.25, -0.2) is 4.79 Å². The average Bonchev–Trinajstić information content (AvgIpc) is 3.40. The zero-order chi connectivity index (χ0) is 21.3. The standard InChI is InChI=1S/C21H19N5O2S2/c1-11-18(20(27)25-13-4-5-14(23)12(9-13)10-22)19(26-21(28)24-11)17-7-6-16(30-17)15-3-2-8-29-15/h2-10,19,22H,23H2,1H3,(H,25,27)(H2,24,26,28). The van der Waals surface area contributed by atoms with Gasteiger partial charge in [0.1, 0.15) is 0 Å². The van der Waals surface area contributed by atoms with Gasteiger partial charge in [0.25, 0.3) is 5.91 Å². The minimum atomic E-state index is -0.562. The Kier molecular flexibility index (Phi) is 5.39. The van der Waals surface area contributed by atoms with Gasteiger partial charge in [0, 0.05) is 43.5 Å². The summed E-state index contributed by atoms with van der Waals surface area (Å²) in [6, 6.07) is 12.0. The summed E-state index contributed by atoms with van der Waals surface area (Å²) in [5.74, 6) is -0.336. The van der Waals surface area contributed by atoms with Crippen molar-refractivity contribution in [3.63, 3.8) is 0 Å². The molecular weight excluding hydrogens is 418 g/mol. The quantitative estimate of drug-likeness (QED) is 0.302. The lowest BCUT2D eigenvalue weighted by atomic mass is 10.0. The van der Waals surface area contributed by atoms with Crippen LogP contribution in [0.25, 0.3) is 9.75 Å². The molecular formula is C21H19N5O2S2. The largest absolute Gasteiger partial charge is 0.398 e. The number of anilines is 2. The Hall–Kier alpha value is -3.43. The van der Waals surface area contributed by atoms with Gasteiger partial charge in [-0.3, -0.25) is 4.79 Å². The van der Waals surface area contributed by atoms with Crippen LogP contribution < -0.4 is 21.7 Å². The third-order valence-corrected chi connectivity index (χ3v) is 6.91. The number of hydrogen-bond acceptors (Lipinski definition) is 6. The van der Waals surface area contributed by atoms with E-state index in [9.17, 15) is 9.59 Å². The molecule has 0 spiro atoms. The smallest absolute Gasteiger partial charge is 0.319 e. The molecule has 0 saturated carbocycles. The van der Waals surface area contributed by atoms with E-state index in [1.165, 1.54) is 0 Å². The lowest BCUT2D eigenvalue weighted by Crippen LogP contribution is -2.45. The molecule has 9 heteroatoms. The van der Waals surface area contributed by atoms with E-state index in [0.29, 0.717) is 28.2 Å². The molecule has 1 atom stereocenters. The molecule has 1 unspecified atom stereocenters. The van der Waals surface area contributed by atoms with Crippen molar-refractivity contribution in [1.82, 2.24) is 10.6 Å². The van der Waals surface area contributed by atoms with E-state index in [-0.39, 0.29) is 11.9 Å². The highest BCUT2D eigenvalue weighted by Crippen LogP contribution is 2.37. The molecule has 0 radical (unpaired) electrons. The Balaban J connectivity index is 1.65. The number of allylic oxidation sites excluding steroid dienone is 1. The van der Waals surface area contributed by atoms with Crippen molar-refractivity contribution in [2.45, 2.75) is 13.0 Å². The van der Waals surface area contributed by atoms with Gasteiger partial charge in [-0.05, 0) is 48.7 Å². The number of urea groups is 1. The van der Waals surface area contributed by atoms with Crippen LogP contribution in [0.5, 0.6) is 0 Å². The Morgan fingerprint density at radius 2 is 2.07 bits per heavy atom. The van der Waals surface area contributed by atoms with Crippen molar-refractivity contribution >= 4 is 52.2 Å². The maximum absolute atomic E-state index is 13.1. The zero-order valence-electron chi connectivity index (χ0n) is 16.0. The Morgan fingerprint density at radius 1 is 1.23 bits per heavy atom. The number of hydrogen-bond donors (Lipinski definition) is 5. The summed E-state index contributed by atoms with van der Waals surface area (Å²) in [4.78, 5) is 28.4. The van der Waals surface area contributed by atoms with E-state index in [2.05, 4.69) is 16.0 Å². The molecule has 2 aromatic heterocycles. The predicted molar refractivity (Wildman–Crippen MR) is 122 cm³/mol. The zero-order valence-corrected chi connectivity index (χ0v) is 17.6. The minimum Gasteiger partial charge on any atom is -0.398 e. The fraction of sp³-hybridized carbons (Fsp3) is 0.0952. The van der Waals surface area contributed by atoms with Crippen molar-refractivity contribution < 1.29 is 9.59 Å². The molecule has 1 aliphatic rings. The summed E-state index contributed by atoms with van der Waals surface area (Å²) in [7, 11) is 0. The van der Waals surface area contributed by atoms with Crippen LogP contribution in [-0.4, -0.2) is 18.2 Å². The number of nitrogen functional groups attached to an aromatic ring is 1. The molecule has 30 heavy (non-hydrogen) atoms. The van der Waals surface area contributed by atoms with Crippen molar-refractivity contribution in [3.8, 4) is 9.75 Å². The number of nitrogens with two attached hydrogens (primary N) is 1. The minimum absolute atomic E-state index is 0.336. The van der Waals surface area contributed by atoms with Gasteiger partial charge < -0.3 is 27.1 Å². The van der Waals surface area contributed by atoms with Crippen LogP contribution in [0.4, 0.5) is 16.2 Å². The van der Waals surface area contributed by atoms with Crippen LogP contribution in [0, 0.1) is 5.41 Å². The summed E-state index contributed by atoms with van der Waals surface area (Å²) < 4.78 is 0. The second-order valence-electron chi connectivity index (χ2n) is 6.69. The normalized spacial score (nSPS) is 16.0. The molecule has 0 fully saturated rings. The second kappa shape index (κ2) is 8.13. The molecule has 0 bridgehead atoms. The van der Waals surface area contributed by atoms with E-state index in [4.69, 9.17) is 11.1 Å². The van der Waals surface area contributed by atoms with Crippen molar-refractivity contribution in [2.75, 3.05) is 11.1 Å². The van der Waals surface area contributed by atoms with Gasteiger partial charge in [-0.2, -0.15) is 0 Å². The SMILES string of the molecule is CC1=C(C(=O)Nc2ccc(N)c(C=N)c2)C(c2ccc(-c3cccs3)s2)NC(=O)N1. The van der Waals surface area contributed by atoms with Crippen LogP contribution in [0.2, 0.25) is 0 Å². The molecule has 6 N–H and O–H groups in total. The molecule has 152 valence electrons. The van der Waals surface area contributed by atoms with Crippen molar-refractivity contribution in [2.24, 2.45) is 0 Å². The summed E-state index contributed by atoms with van der Waals surface area (Å²) in [5.41, 5.74) is 8.25. The highest BCUT2D eigenvalue weighted by molar-refractivity contribution is 7.21. The monoisotopic (exact) mass is 437 g/mol. The third kappa shape index (κ3) is 3.85. The number of thiophene rings is 2. The molecule has 1 aromatic carbocycles. The molecule has 3 amide bonds. The Bertz CT molecular complexity index is 1160. The lowest BCUT2D eigenvalue weighted by Gasteiger charge is -2.27. The number of carbonyl (C=O) groups is 2. The first kappa shape index (κ1) is 19.9. The van der Waals surface area contributed by atoms with Gasteiger partial charge in [0.2, 0.25) is 0 Å². The van der Waals surface area contributed by atoms with Gasteiger partial charge >= 0.3 is 6.03 Å². The summed E-state index contributed by atoms with van der Waals surface area (Å²) in [5, 5.41) is 17.8. The summed E-state index contributed by atoms with van der Waals surface area (Å²) >= 11 is 3.19. The molecule has 4 rings (SSSR count). The second-order valence-corrected chi connectivity index (χ2v) is 8.75. The van der Waals surface area contributed by atoms with Crippen molar-refractivity contribution in [1.29, 1.82) is 5.41 Å². The van der Waals surface area contributed by atoms with Gasteiger partial charge in [0.15, 0.2) is 0 Å². The maximum Gasteiger partial charge on any atom is 0.319 e. The van der Waals surface area contributed by atoms with Crippen LogP contribution >= 0.6 is 22.7 Å². The van der Waals surface area contributed by atoms with E-state index in [1.54, 1.807) is 47.8 Å². The molecule has 3 aromatic rings. The van der Waals surface area contributed by atoms with Gasteiger partial charge in [0.05, 0.1) is 11.6 Å². The highest BCUT2D eigenvalue weighted by Gasteiger charge is 2.32. The fourth-order valence-electron chi connectivity index (χ4n) is 3.24. The highest BCUT2D eigenvalue weighted by atomic mass is 32.1. The van der Waals surface area contributed by atoms with E-state index in [0.717, 1.165) is 20.8 Å². The molecule has 7 nitrogen and oxygen atoms in total. The van der Waals surface area contributed by atoms with Crippen LogP contribution in [0.1, 0.15) is 23.4 Å². The summed E-state index contributed by atoms with van der Waals surface area (Å²) in [6.45, 7) is 1.71. The van der Waals surface area contributed by atoms with Crippen LogP contribution in [0.3, 0.4) is 0 Å². The first-order valence-corrected chi connectivity index (χ1v) is 10.8. The van der Waals surface area contributed by atoms with Crippen molar-refractivity contribution in [3.05, 3.63) is 69.6 Å². The van der Waals surface area contributed by atoms with E-state index in [1.807, 2.05) is 29.6 Å². The van der Waals surface area contributed by atoms with E-state index < -0.39 is 6.04 Å². The first-order chi connectivity index (χ1) is 14.5. The first-order valence-electron chi connectivity index (χ1n) is 9.09. The molecule has 0 saturated heterocycles. The number of rotatable bonds is 5. The number of carbonyl (C=O) groups excluding carboxylic acids is 2. The Labute approximate surface area is 181 Å². The number of nitrogens with one attached hydrogen (secondary N) is 4. The average molecular weight is 438 g/mol.